The summed E-state index contributed by atoms with van der Waals surface area (Å²) in [6, 6.07) is 16.8. The van der Waals surface area contributed by atoms with Gasteiger partial charge >= 0.3 is 0 Å². The fraction of sp³-hybridized carbons (Fsp3) is 0.179. The normalized spacial score (nSPS) is 16.8. The summed E-state index contributed by atoms with van der Waals surface area (Å²) < 4.78 is 45.4. The summed E-state index contributed by atoms with van der Waals surface area (Å²) in [4.78, 5) is 19.9. The van der Waals surface area contributed by atoms with Gasteiger partial charge in [0.05, 0.1) is 15.2 Å². The molecule has 1 aliphatic heterocycles. The number of hydrogen-bond donors (Lipinski definition) is 1. The lowest BCUT2D eigenvalue weighted by Gasteiger charge is -2.25. The van der Waals surface area contributed by atoms with Crippen LogP contribution >= 0.6 is 32.3 Å². The Hall–Kier alpha value is -2.73. The van der Waals surface area contributed by atoms with Crippen LogP contribution in [0, 0.1) is 5.82 Å². The minimum absolute atomic E-state index is 0.000172. The third-order valence-electron chi connectivity index (χ3n) is 6.36. The van der Waals surface area contributed by atoms with Gasteiger partial charge in [-0.1, -0.05) is 44.5 Å². The van der Waals surface area contributed by atoms with E-state index in [2.05, 4.69) is 13.7 Å². The molecule has 3 aromatic carbocycles. The number of amides is 1. The number of aliphatic imine (C=N–C) groups is 1. The largest absolute Gasteiger partial charge is 0.304 e. The molecule has 1 unspecified atom stereocenters. The first-order valence-corrected chi connectivity index (χ1v) is 16.1. The second-order valence-electron chi connectivity index (χ2n) is 9.00. The smallest absolute Gasteiger partial charge is 0.258 e. The molecule has 10 heteroatoms. The molecule has 3 aromatic rings. The summed E-state index contributed by atoms with van der Waals surface area (Å²) >= 11 is 5.85. The fourth-order valence-corrected chi connectivity index (χ4v) is 7.39. The quantitative estimate of drug-likeness (QED) is 0.307. The van der Waals surface area contributed by atoms with E-state index in [0.29, 0.717) is 35.7 Å². The van der Waals surface area contributed by atoms with E-state index in [-0.39, 0.29) is 31.5 Å². The molecule has 0 bridgehead atoms. The Labute approximate surface area is 236 Å². The zero-order valence-corrected chi connectivity index (χ0v) is 24.1. The molecule has 1 amide bonds. The number of benzene rings is 3. The van der Waals surface area contributed by atoms with Crippen molar-refractivity contribution in [3.63, 3.8) is 0 Å². The maximum absolute atomic E-state index is 13.7. The van der Waals surface area contributed by atoms with Crippen LogP contribution in [-0.2, 0) is 16.4 Å². The van der Waals surface area contributed by atoms with E-state index >= 15 is 0 Å². The Morgan fingerprint density at radius 1 is 1.16 bits per heavy atom. The number of halogens is 3. The van der Waals surface area contributed by atoms with Crippen molar-refractivity contribution in [3.8, 4) is 0 Å². The third-order valence-corrected chi connectivity index (χ3v) is 10.4. The molecule has 1 heterocycles. The minimum Gasteiger partial charge on any atom is -0.304 e. The lowest BCUT2D eigenvalue weighted by atomic mass is 10.1. The first kappa shape index (κ1) is 26.9. The molecule has 6 nitrogen and oxygen atoms in total. The molecule has 1 N–H and O–H groups in total. The highest BCUT2D eigenvalue weighted by atomic mass is 127. The van der Waals surface area contributed by atoms with Crippen LogP contribution < -0.4 is 9.62 Å². The topological polar surface area (TPSA) is 78.8 Å². The molecule has 0 saturated carbocycles. The number of fused-ring (bicyclic) bond motifs is 1. The van der Waals surface area contributed by atoms with E-state index in [9.17, 15) is 17.6 Å². The van der Waals surface area contributed by atoms with E-state index in [1.807, 2.05) is 25.1 Å². The number of carbonyl (C=O) groups is 1. The number of nitrogens with one attached hydrogen (secondary N) is 1. The van der Waals surface area contributed by atoms with Crippen molar-refractivity contribution < 1.29 is 17.6 Å². The molecular weight excluding hydrogens is 640 g/mol. The van der Waals surface area contributed by atoms with Crippen molar-refractivity contribution >= 4 is 61.7 Å². The number of sulfonamides is 1. The average molecular weight is 664 g/mol. The van der Waals surface area contributed by atoms with E-state index in [0.717, 1.165) is 32.6 Å². The SMILES string of the molecule is CC1=NC=C(CN(C(=O)c2cccc(Cl)c2)c2ccc3c(c2)C(NS(=O)(=O)c2ccc(F)cc2)CC3)C=I1. The summed E-state index contributed by atoms with van der Waals surface area (Å²) in [5, 5.41) is 0.467. The highest BCUT2D eigenvalue weighted by Gasteiger charge is 2.29. The lowest BCUT2D eigenvalue weighted by Crippen LogP contribution is -2.33. The Morgan fingerprint density at radius 3 is 2.66 bits per heavy atom. The van der Waals surface area contributed by atoms with Crippen LogP contribution in [0.1, 0.15) is 40.9 Å². The fourth-order valence-electron chi connectivity index (χ4n) is 4.44. The number of aryl methyl sites for hydroxylation is 1. The second kappa shape index (κ2) is 11.2. The minimum atomic E-state index is -3.87. The molecule has 0 radical (unpaired) electrons. The Kier molecular flexibility index (Phi) is 7.90. The molecule has 196 valence electrons. The van der Waals surface area contributed by atoms with Crippen LogP contribution in [0.15, 0.2) is 88.4 Å². The summed E-state index contributed by atoms with van der Waals surface area (Å²) in [7, 11) is -3.87. The van der Waals surface area contributed by atoms with Gasteiger partial charge in [0.2, 0.25) is 10.0 Å². The first-order valence-electron chi connectivity index (χ1n) is 11.9. The Morgan fingerprint density at radius 2 is 1.95 bits per heavy atom. The van der Waals surface area contributed by atoms with Crippen LogP contribution in [0.4, 0.5) is 10.1 Å². The maximum Gasteiger partial charge on any atom is 0.258 e. The summed E-state index contributed by atoms with van der Waals surface area (Å²) in [5.41, 5.74) is 3.90. The molecule has 2 aliphatic rings. The number of hydrogen-bond acceptors (Lipinski definition) is 4. The standard InChI is InChI=1S/C28H24ClFIN3O3S/c1-18-31-15-19(16-32-18)17-34(28(35)21-3-2-4-22(29)13-21)24-9-5-20-6-12-27(26(20)14-24)33-38(36,37)25-10-7-23(30)8-11-25/h2-5,7-11,13-16,27,33H,6,12,17H2,1H3. The van der Waals surface area contributed by atoms with Gasteiger partial charge in [-0.15, -0.1) is 0 Å². The van der Waals surface area contributed by atoms with Gasteiger partial charge in [-0.25, -0.2) is 17.5 Å². The van der Waals surface area contributed by atoms with E-state index < -0.39 is 21.9 Å². The lowest BCUT2D eigenvalue weighted by molar-refractivity contribution is 0.0989. The number of nitrogens with zero attached hydrogens (tertiary/aromatic N) is 2. The third kappa shape index (κ3) is 5.96. The Bertz CT molecular complexity index is 1600. The zero-order valence-electron chi connectivity index (χ0n) is 20.4. The predicted octanol–water partition coefficient (Wildman–Crippen LogP) is 6.18. The molecule has 0 spiro atoms. The van der Waals surface area contributed by atoms with E-state index in [4.69, 9.17) is 11.6 Å². The molecule has 5 rings (SSSR count). The van der Waals surface area contributed by atoms with Crippen LogP contribution in [0.3, 0.4) is 0 Å². The van der Waals surface area contributed by atoms with Gasteiger partial charge in [0, 0.05) is 28.5 Å². The molecular formula is C28H24ClFIN3O3S. The molecule has 0 saturated heterocycles. The average Bonchev–Trinajstić information content (AvgIpc) is 3.29. The van der Waals surface area contributed by atoms with Gasteiger partial charge in [0.15, 0.2) is 0 Å². The van der Waals surface area contributed by atoms with Crippen molar-refractivity contribution in [3.05, 3.63) is 106 Å². The maximum atomic E-state index is 13.7. The highest BCUT2D eigenvalue weighted by Crippen LogP contribution is 2.36. The Balaban J connectivity index is 1.48. The van der Waals surface area contributed by atoms with Gasteiger partial charge in [-0.2, -0.15) is 0 Å². The van der Waals surface area contributed by atoms with Crippen LogP contribution in [0.5, 0.6) is 0 Å². The highest BCUT2D eigenvalue weighted by molar-refractivity contribution is 14.2. The van der Waals surface area contributed by atoms with Crippen molar-refractivity contribution in [1.29, 1.82) is 0 Å². The van der Waals surface area contributed by atoms with Gasteiger partial charge < -0.3 is 4.90 Å². The predicted molar refractivity (Wildman–Crippen MR) is 159 cm³/mol. The van der Waals surface area contributed by atoms with E-state index in [1.165, 1.54) is 12.1 Å². The molecule has 38 heavy (non-hydrogen) atoms. The molecule has 1 aliphatic carbocycles. The summed E-state index contributed by atoms with van der Waals surface area (Å²) in [5.74, 6) is -0.717. The summed E-state index contributed by atoms with van der Waals surface area (Å²) in [6.45, 7) is 2.33. The first-order chi connectivity index (χ1) is 18.2. The second-order valence-corrected chi connectivity index (χ2v) is 14.0. The van der Waals surface area contributed by atoms with Crippen LogP contribution in [0.25, 0.3) is 0 Å². The van der Waals surface area contributed by atoms with E-state index in [1.54, 1.807) is 35.4 Å². The number of rotatable bonds is 7. The zero-order chi connectivity index (χ0) is 26.9. The van der Waals surface area contributed by atoms with Crippen molar-refractivity contribution in [2.75, 3.05) is 11.4 Å². The molecule has 1 atom stereocenters. The monoisotopic (exact) mass is 663 g/mol. The number of anilines is 1. The molecule has 0 fully saturated rings. The molecule has 0 aromatic heterocycles. The van der Waals surface area contributed by atoms with Crippen LogP contribution in [0.2, 0.25) is 5.02 Å². The number of carbonyl (C=O) groups excluding carboxylic acids is 1. The van der Waals surface area contributed by atoms with Gasteiger partial charge in [-0.05, 0) is 95.1 Å². The van der Waals surface area contributed by atoms with Crippen molar-refractivity contribution in [1.82, 2.24) is 4.72 Å². The van der Waals surface area contributed by atoms with Gasteiger partial charge in [-0.3, -0.25) is 9.79 Å². The summed E-state index contributed by atoms with van der Waals surface area (Å²) in [6.07, 6.45) is 3.08. The van der Waals surface area contributed by atoms with Crippen molar-refractivity contribution in [2.45, 2.75) is 30.7 Å². The van der Waals surface area contributed by atoms with Crippen molar-refractivity contribution in [2.24, 2.45) is 4.99 Å². The van der Waals surface area contributed by atoms with Gasteiger partial charge in [0.25, 0.3) is 5.91 Å². The van der Waals surface area contributed by atoms with Crippen LogP contribution in [-0.4, -0.2) is 28.6 Å². The van der Waals surface area contributed by atoms with Gasteiger partial charge in [0.1, 0.15) is 5.82 Å².